The SMILES string of the molecule is CCOc1ccc(NC(=O)C(=O)c2cn(C)c3ccccc23)cc1. The zero-order valence-electron chi connectivity index (χ0n) is 13.6. The van der Waals surface area contributed by atoms with E-state index in [2.05, 4.69) is 5.32 Å². The summed E-state index contributed by atoms with van der Waals surface area (Å²) in [4.78, 5) is 24.8. The van der Waals surface area contributed by atoms with Gasteiger partial charge in [-0.2, -0.15) is 0 Å². The monoisotopic (exact) mass is 322 g/mol. The van der Waals surface area contributed by atoms with E-state index in [-0.39, 0.29) is 0 Å². The number of Topliss-reactive ketones (excluding diaryl/α,β-unsaturated/α-hetero) is 1. The van der Waals surface area contributed by atoms with Gasteiger partial charge in [-0.1, -0.05) is 18.2 Å². The van der Waals surface area contributed by atoms with Gasteiger partial charge in [0.2, 0.25) is 0 Å². The summed E-state index contributed by atoms with van der Waals surface area (Å²) in [7, 11) is 1.85. The fourth-order valence-corrected chi connectivity index (χ4v) is 2.63. The number of aromatic nitrogens is 1. The fraction of sp³-hybridized carbons (Fsp3) is 0.158. The quantitative estimate of drug-likeness (QED) is 0.578. The third kappa shape index (κ3) is 3.01. The molecule has 1 heterocycles. The second-order valence-electron chi connectivity index (χ2n) is 5.41. The molecule has 1 amide bonds. The Hall–Kier alpha value is -3.08. The summed E-state index contributed by atoms with van der Waals surface area (Å²) in [5, 5.41) is 3.40. The number of rotatable bonds is 5. The lowest BCUT2D eigenvalue weighted by atomic mass is 10.1. The molecule has 0 unspecified atom stereocenters. The maximum atomic E-state index is 12.5. The summed E-state index contributed by atoms with van der Waals surface area (Å²) in [6.45, 7) is 2.48. The van der Waals surface area contributed by atoms with Crippen LogP contribution in [0, 0.1) is 0 Å². The lowest BCUT2D eigenvalue weighted by Crippen LogP contribution is -2.22. The maximum Gasteiger partial charge on any atom is 0.296 e. The van der Waals surface area contributed by atoms with Crippen LogP contribution in [0.1, 0.15) is 17.3 Å². The van der Waals surface area contributed by atoms with Gasteiger partial charge in [-0.25, -0.2) is 0 Å². The van der Waals surface area contributed by atoms with Crippen LogP contribution in [0.4, 0.5) is 5.69 Å². The number of ether oxygens (including phenoxy) is 1. The summed E-state index contributed by atoms with van der Waals surface area (Å²) >= 11 is 0. The van der Waals surface area contributed by atoms with Crippen LogP contribution in [-0.2, 0) is 11.8 Å². The Labute approximate surface area is 139 Å². The smallest absolute Gasteiger partial charge is 0.296 e. The summed E-state index contributed by atoms with van der Waals surface area (Å²) in [6.07, 6.45) is 1.69. The summed E-state index contributed by atoms with van der Waals surface area (Å²) in [5.41, 5.74) is 1.86. The number of hydrogen-bond acceptors (Lipinski definition) is 3. The lowest BCUT2D eigenvalue weighted by molar-refractivity contribution is -0.112. The topological polar surface area (TPSA) is 60.3 Å². The van der Waals surface area contributed by atoms with E-state index in [1.165, 1.54) is 0 Å². The molecule has 0 aliphatic carbocycles. The second-order valence-corrected chi connectivity index (χ2v) is 5.41. The van der Waals surface area contributed by atoms with Gasteiger partial charge in [0.15, 0.2) is 0 Å². The van der Waals surface area contributed by atoms with Crippen LogP contribution in [0.3, 0.4) is 0 Å². The first-order valence-corrected chi connectivity index (χ1v) is 7.72. The van der Waals surface area contributed by atoms with Crippen molar-refractivity contribution in [3.8, 4) is 5.75 Å². The van der Waals surface area contributed by atoms with Gasteiger partial charge in [0, 0.05) is 29.8 Å². The number of carbonyl (C=O) groups is 2. The van der Waals surface area contributed by atoms with Crippen LogP contribution in [0.5, 0.6) is 5.75 Å². The molecule has 122 valence electrons. The van der Waals surface area contributed by atoms with Gasteiger partial charge in [0.25, 0.3) is 11.7 Å². The molecule has 0 fully saturated rings. The average molecular weight is 322 g/mol. The van der Waals surface area contributed by atoms with Crippen molar-refractivity contribution >= 4 is 28.3 Å². The highest BCUT2D eigenvalue weighted by Gasteiger charge is 2.20. The van der Waals surface area contributed by atoms with E-state index >= 15 is 0 Å². The Morgan fingerprint density at radius 2 is 1.79 bits per heavy atom. The van der Waals surface area contributed by atoms with Crippen molar-refractivity contribution in [1.29, 1.82) is 0 Å². The van der Waals surface area contributed by atoms with Crippen molar-refractivity contribution in [3.63, 3.8) is 0 Å². The zero-order chi connectivity index (χ0) is 17.1. The summed E-state index contributed by atoms with van der Waals surface area (Å²) in [6, 6.07) is 14.4. The molecule has 3 aromatic rings. The highest BCUT2D eigenvalue weighted by molar-refractivity contribution is 6.48. The van der Waals surface area contributed by atoms with Gasteiger partial charge in [0.1, 0.15) is 5.75 Å². The molecule has 24 heavy (non-hydrogen) atoms. The standard InChI is InChI=1S/C19H18N2O3/c1-3-24-14-10-8-13(9-11-14)20-19(23)18(22)16-12-21(2)17-7-5-4-6-15(16)17/h4-12H,3H2,1-2H3,(H,20,23). The molecule has 0 bridgehead atoms. The van der Waals surface area contributed by atoms with Gasteiger partial charge >= 0.3 is 0 Å². The second kappa shape index (κ2) is 6.58. The van der Waals surface area contributed by atoms with Crippen LogP contribution >= 0.6 is 0 Å². The molecular formula is C19H18N2O3. The molecule has 0 atom stereocenters. The third-order valence-corrected chi connectivity index (χ3v) is 3.77. The van der Waals surface area contributed by atoms with Crippen molar-refractivity contribution < 1.29 is 14.3 Å². The summed E-state index contributed by atoms with van der Waals surface area (Å²) < 4.78 is 7.19. The molecule has 5 heteroatoms. The number of anilines is 1. The Morgan fingerprint density at radius 1 is 1.08 bits per heavy atom. The van der Waals surface area contributed by atoms with E-state index in [9.17, 15) is 9.59 Å². The number of nitrogens with one attached hydrogen (secondary N) is 1. The van der Waals surface area contributed by atoms with Crippen LogP contribution in [0.2, 0.25) is 0 Å². The highest BCUT2D eigenvalue weighted by atomic mass is 16.5. The molecule has 0 radical (unpaired) electrons. The first-order valence-electron chi connectivity index (χ1n) is 7.72. The largest absolute Gasteiger partial charge is 0.494 e. The predicted molar refractivity (Wildman–Crippen MR) is 93.5 cm³/mol. The van der Waals surface area contributed by atoms with Gasteiger partial charge in [-0.3, -0.25) is 9.59 Å². The molecule has 5 nitrogen and oxygen atoms in total. The van der Waals surface area contributed by atoms with Gasteiger partial charge < -0.3 is 14.6 Å². The number of para-hydroxylation sites is 1. The molecule has 2 aromatic carbocycles. The van der Waals surface area contributed by atoms with Crippen molar-refractivity contribution in [2.45, 2.75) is 6.92 Å². The average Bonchev–Trinajstić information content (AvgIpc) is 2.93. The first kappa shape index (κ1) is 15.8. The number of hydrogen-bond donors (Lipinski definition) is 1. The van der Waals surface area contributed by atoms with E-state index in [0.29, 0.717) is 17.9 Å². The number of nitrogens with zero attached hydrogens (tertiary/aromatic N) is 1. The van der Waals surface area contributed by atoms with E-state index in [1.54, 1.807) is 30.5 Å². The minimum absolute atomic E-state index is 0.400. The van der Waals surface area contributed by atoms with Crippen molar-refractivity contribution in [1.82, 2.24) is 4.57 Å². The van der Waals surface area contributed by atoms with Crippen molar-refractivity contribution in [2.75, 3.05) is 11.9 Å². The molecule has 0 saturated heterocycles. The molecule has 1 aromatic heterocycles. The molecule has 3 rings (SSSR count). The molecule has 0 aliphatic heterocycles. The van der Waals surface area contributed by atoms with Gasteiger partial charge in [-0.05, 0) is 37.3 Å². The Kier molecular flexibility index (Phi) is 4.33. The van der Waals surface area contributed by atoms with Gasteiger partial charge in [0.05, 0.1) is 12.2 Å². The van der Waals surface area contributed by atoms with Crippen LogP contribution in [0.25, 0.3) is 10.9 Å². The van der Waals surface area contributed by atoms with Crippen LogP contribution in [-0.4, -0.2) is 22.9 Å². The van der Waals surface area contributed by atoms with Crippen LogP contribution in [0.15, 0.2) is 54.7 Å². The van der Waals surface area contributed by atoms with E-state index < -0.39 is 11.7 Å². The Bertz CT molecular complexity index is 895. The lowest BCUT2D eigenvalue weighted by Gasteiger charge is -2.06. The maximum absolute atomic E-state index is 12.5. The third-order valence-electron chi connectivity index (χ3n) is 3.77. The Balaban J connectivity index is 1.80. The Morgan fingerprint density at radius 3 is 2.50 bits per heavy atom. The van der Waals surface area contributed by atoms with Crippen molar-refractivity contribution in [2.24, 2.45) is 7.05 Å². The molecule has 1 N–H and O–H groups in total. The predicted octanol–water partition coefficient (Wildman–Crippen LogP) is 3.40. The molecule has 0 saturated carbocycles. The number of aryl methyl sites for hydroxylation is 1. The molecule has 0 aliphatic rings. The van der Waals surface area contributed by atoms with Crippen LogP contribution < -0.4 is 10.1 Å². The normalized spacial score (nSPS) is 10.6. The number of fused-ring (bicyclic) bond motifs is 1. The number of benzene rings is 2. The molecular weight excluding hydrogens is 304 g/mol. The minimum atomic E-state index is -0.657. The molecule has 0 spiro atoms. The minimum Gasteiger partial charge on any atom is -0.494 e. The van der Waals surface area contributed by atoms with E-state index in [0.717, 1.165) is 16.7 Å². The fourth-order valence-electron chi connectivity index (χ4n) is 2.63. The highest BCUT2D eigenvalue weighted by Crippen LogP contribution is 2.21. The number of carbonyl (C=O) groups excluding carboxylic acids is 2. The van der Waals surface area contributed by atoms with Gasteiger partial charge in [-0.15, -0.1) is 0 Å². The van der Waals surface area contributed by atoms with Crippen molar-refractivity contribution in [3.05, 3.63) is 60.3 Å². The number of amides is 1. The summed E-state index contributed by atoms with van der Waals surface area (Å²) in [5.74, 6) is -0.493. The zero-order valence-corrected chi connectivity index (χ0v) is 13.6. The first-order chi connectivity index (χ1) is 11.6. The van der Waals surface area contributed by atoms with E-state index in [1.807, 2.05) is 42.8 Å². The number of ketones is 1. The van der Waals surface area contributed by atoms with E-state index in [4.69, 9.17) is 4.74 Å².